The number of carbonyl (C=O) groups excluding carboxylic acids is 1. The van der Waals surface area contributed by atoms with Crippen LogP contribution in [0.4, 0.5) is 5.82 Å². The molecule has 1 atom stereocenters. The van der Waals surface area contributed by atoms with Gasteiger partial charge in [0.05, 0.1) is 19.5 Å². The van der Waals surface area contributed by atoms with Crippen LogP contribution in [0.3, 0.4) is 0 Å². The monoisotopic (exact) mass is 221 g/mol. The van der Waals surface area contributed by atoms with Crippen molar-refractivity contribution in [1.29, 1.82) is 0 Å². The number of anilines is 1. The number of carbonyl (C=O) groups is 1. The molecule has 0 aromatic carbocycles. The highest BCUT2D eigenvalue weighted by atomic mass is 16.5. The summed E-state index contributed by atoms with van der Waals surface area (Å²) in [5.41, 5.74) is 0.263. The smallest absolute Gasteiger partial charge is 0.358 e. The van der Waals surface area contributed by atoms with Crippen molar-refractivity contribution >= 4 is 11.8 Å². The Hall–Kier alpha value is -1.65. The van der Waals surface area contributed by atoms with Gasteiger partial charge in [0, 0.05) is 13.1 Å². The van der Waals surface area contributed by atoms with Gasteiger partial charge in [0.2, 0.25) is 0 Å². The van der Waals surface area contributed by atoms with Crippen molar-refractivity contribution in [3.63, 3.8) is 0 Å². The molecule has 16 heavy (non-hydrogen) atoms. The maximum Gasteiger partial charge on any atom is 0.358 e. The second-order valence-corrected chi connectivity index (χ2v) is 4.09. The molecular formula is C11H15N3O2. The van der Waals surface area contributed by atoms with Crippen LogP contribution in [0.5, 0.6) is 0 Å². The minimum Gasteiger partial charge on any atom is -0.464 e. The van der Waals surface area contributed by atoms with Crippen LogP contribution >= 0.6 is 0 Å². The van der Waals surface area contributed by atoms with Crippen LogP contribution in [0.15, 0.2) is 12.4 Å². The van der Waals surface area contributed by atoms with Crippen molar-refractivity contribution in [3.05, 3.63) is 18.1 Å². The fourth-order valence-electron chi connectivity index (χ4n) is 1.85. The Morgan fingerprint density at radius 3 is 3.00 bits per heavy atom. The van der Waals surface area contributed by atoms with Gasteiger partial charge in [0.15, 0.2) is 5.69 Å². The number of nitrogens with zero attached hydrogens (tertiary/aromatic N) is 3. The highest BCUT2D eigenvalue weighted by Crippen LogP contribution is 2.20. The van der Waals surface area contributed by atoms with Gasteiger partial charge in [-0.05, 0) is 12.3 Å². The van der Waals surface area contributed by atoms with Crippen LogP contribution < -0.4 is 4.90 Å². The number of methoxy groups -OCH3 is 1. The summed E-state index contributed by atoms with van der Waals surface area (Å²) in [7, 11) is 1.34. The average molecular weight is 221 g/mol. The highest BCUT2D eigenvalue weighted by molar-refractivity contribution is 5.87. The normalized spacial score (nSPS) is 19.9. The summed E-state index contributed by atoms with van der Waals surface area (Å²) in [6, 6.07) is 0. The van der Waals surface area contributed by atoms with E-state index in [2.05, 4.69) is 26.5 Å². The molecule has 1 aromatic heterocycles. The maximum absolute atomic E-state index is 11.3. The Kier molecular flexibility index (Phi) is 3.03. The van der Waals surface area contributed by atoms with Crippen molar-refractivity contribution < 1.29 is 9.53 Å². The fraction of sp³-hybridized carbons (Fsp3) is 0.545. The molecule has 0 spiro atoms. The van der Waals surface area contributed by atoms with Crippen LogP contribution in [-0.2, 0) is 4.74 Å². The van der Waals surface area contributed by atoms with E-state index in [0.29, 0.717) is 5.92 Å². The Balaban J connectivity index is 2.19. The first-order valence-corrected chi connectivity index (χ1v) is 5.36. The predicted octanol–water partition coefficient (Wildman–Crippen LogP) is 1.11. The SMILES string of the molecule is COC(=O)c1cncc(N2CCC(C)C2)n1. The number of rotatable bonds is 2. The molecule has 5 heteroatoms. The zero-order valence-corrected chi connectivity index (χ0v) is 9.51. The zero-order valence-electron chi connectivity index (χ0n) is 9.51. The summed E-state index contributed by atoms with van der Waals surface area (Å²) in [6.45, 7) is 4.15. The molecule has 86 valence electrons. The largest absolute Gasteiger partial charge is 0.464 e. The molecule has 0 N–H and O–H groups in total. The molecule has 1 saturated heterocycles. The molecule has 1 aliphatic rings. The molecule has 0 radical (unpaired) electrons. The van der Waals surface area contributed by atoms with E-state index in [0.717, 1.165) is 25.3 Å². The summed E-state index contributed by atoms with van der Waals surface area (Å²) < 4.78 is 4.62. The number of esters is 1. The topological polar surface area (TPSA) is 55.3 Å². The van der Waals surface area contributed by atoms with E-state index in [4.69, 9.17) is 0 Å². The second-order valence-electron chi connectivity index (χ2n) is 4.09. The molecule has 1 unspecified atom stereocenters. The molecular weight excluding hydrogens is 206 g/mol. The second kappa shape index (κ2) is 4.47. The summed E-state index contributed by atoms with van der Waals surface area (Å²) in [6.07, 6.45) is 4.27. The highest BCUT2D eigenvalue weighted by Gasteiger charge is 2.21. The first-order chi connectivity index (χ1) is 7.70. The van der Waals surface area contributed by atoms with Gasteiger partial charge < -0.3 is 9.64 Å². The Bertz CT molecular complexity index is 395. The zero-order chi connectivity index (χ0) is 11.5. The van der Waals surface area contributed by atoms with Crippen molar-refractivity contribution in [2.24, 2.45) is 5.92 Å². The Labute approximate surface area is 94.5 Å². The lowest BCUT2D eigenvalue weighted by Crippen LogP contribution is -2.21. The van der Waals surface area contributed by atoms with Crippen LogP contribution in [0.1, 0.15) is 23.8 Å². The maximum atomic E-state index is 11.3. The Morgan fingerprint density at radius 2 is 2.38 bits per heavy atom. The fourth-order valence-corrected chi connectivity index (χ4v) is 1.85. The number of hydrogen-bond acceptors (Lipinski definition) is 5. The molecule has 0 bridgehead atoms. The van der Waals surface area contributed by atoms with Crippen molar-refractivity contribution in [3.8, 4) is 0 Å². The minimum absolute atomic E-state index is 0.263. The molecule has 1 fully saturated rings. The number of hydrogen-bond donors (Lipinski definition) is 0. The van der Waals surface area contributed by atoms with E-state index in [1.165, 1.54) is 13.3 Å². The van der Waals surface area contributed by atoms with Gasteiger partial charge in [0.25, 0.3) is 0 Å². The molecule has 2 rings (SSSR count). The van der Waals surface area contributed by atoms with Crippen LogP contribution in [0, 0.1) is 5.92 Å². The van der Waals surface area contributed by atoms with E-state index >= 15 is 0 Å². The summed E-state index contributed by atoms with van der Waals surface area (Å²) in [5, 5.41) is 0. The molecule has 0 aliphatic carbocycles. The quantitative estimate of drug-likeness (QED) is 0.700. The lowest BCUT2D eigenvalue weighted by molar-refractivity contribution is 0.0593. The first-order valence-electron chi connectivity index (χ1n) is 5.36. The molecule has 0 saturated carbocycles. The van der Waals surface area contributed by atoms with Crippen LogP contribution in [-0.4, -0.2) is 36.1 Å². The van der Waals surface area contributed by atoms with E-state index in [9.17, 15) is 4.79 Å². The standard InChI is InChI=1S/C11H15N3O2/c1-8-3-4-14(7-8)10-6-12-5-9(13-10)11(15)16-2/h5-6,8H,3-4,7H2,1-2H3. The van der Waals surface area contributed by atoms with Gasteiger partial charge in [-0.2, -0.15) is 0 Å². The van der Waals surface area contributed by atoms with Crippen molar-refractivity contribution in [2.45, 2.75) is 13.3 Å². The molecule has 5 nitrogen and oxygen atoms in total. The van der Waals surface area contributed by atoms with E-state index in [1.54, 1.807) is 6.20 Å². The van der Waals surface area contributed by atoms with Gasteiger partial charge in [-0.3, -0.25) is 4.98 Å². The third kappa shape index (κ3) is 2.13. The molecule has 1 aromatic rings. The van der Waals surface area contributed by atoms with Gasteiger partial charge in [-0.1, -0.05) is 6.92 Å². The van der Waals surface area contributed by atoms with Gasteiger partial charge in [0.1, 0.15) is 5.82 Å². The number of aromatic nitrogens is 2. The summed E-state index contributed by atoms with van der Waals surface area (Å²) >= 11 is 0. The van der Waals surface area contributed by atoms with Crippen molar-refractivity contribution in [2.75, 3.05) is 25.1 Å². The van der Waals surface area contributed by atoms with Crippen LogP contribution in [0.25, 0.3) is 0 Å². The summed E-state index contributed by atoms with van der Waals surface area (Å²) in [4.78, 5) is 21.7. The van der Waals surface area contributed by atoms with Crippen molar-refractivity contribution in [1.82, 2.24) is 9.97 Å². The van der Waals surface area contributed by atoms with E-state index < -0.39 is 5.97 Å². The summed E-state index contributed by atoms with van der Waals surface area (Å²) in [5.74, 6) is 0.984. The molecule has 0 amide bonds. The van der Waals surface area contributed by atoms with Crippen LogP contribution in [0.2, 0.25) is 0 Å². The lowest BCUT2D eigenvalue weighted by atomic mass is 10.2. The average Bonchev–Trinajstić information content (AvgIpc) is 2.75. The van der Waals surface area contributed by atoms with Gasteiger partial charge in [-0.15, -0.1) is 0 Å². The molecule has 2 heterocycles. The van der Waals surface area contributed by atoms with Gasteiger partial charge >= 0.3 is 5.97 Å². The predicted molar refractivity (Wildman–Crippen MR) is 59.4 cm³/mol. The number of ether oxygens (including phenoxy) is 1. The van der Waals surface area contributed by atoms with Gasteiger partial charge in [-0.25, -0.2) is 9.78 Å². The Morgan fingerprint density at radius 1 is 1.56 bits per heavy atom. The third-order valence-electron chi connectivity index (χ3n) is 2.76. The molecule has 1 aliphatic heterocycles. The third-order valence-corrected chi connectivity index (χ3v) is 2.76. The van der Waals surface area contributed by atoms with E-state index in [1.807, 2.05) is 0 Å². The minimum atomic E-state index is -0.443. The lowest BCUT2D eigenvalue weighted by Gasteiger charge is -2.16. The first kappa shape index (κ1) is 10.9. The van der Waals surface area contributed by atoms with E-state index in [-0.39, 0.29) is 5.69 Å².